The SMILES string of the molecule is CCCCC(C)[C@H](NC(=O)OC(C)(C)C)C(=O)N1CCC[C@H]1Cn1cc(C(C)=O)c2cc(Cl)cnc21. The van der Waals surface area contributed by atoms with Gasteiger partial charge in [0.2, 0.25) is 5.91 Å². The van der Waals surface area contributed by atoms with Crippen molar-refractivity contribution in [3.63, 3.8) is 0 Å². The van der Waals surface area contributed by atoms with Crippen molar-refractivity contribution in [3.8, 4) is 0 Å². The molecular formula is C27H39ClN4O4. The molecule has 1 aliphatic rings. The van der Waals surface area contributed by atoms with E-state index in [2.05, 4.69) is 17.2 Å². The van der Waals surface area contributed by atoms with Crippen LogP contribution in [-0.2, 0) is 16.1 Å². The third-order valence-electron chi connectivity index (χ3n) is 6.65. The first kappa shape index (κ1) is 28.0. The van der Waals surface area contributed by atoms with Crippen molar-refractivity contribution in [1.82, 2.24) is 19.8 Å². The zero-order valence-electron chi connectivity index (χ0n) is 22.3. The summed E-state index contributed by atoms with van der Waals surface area (Å²) in [6, 6.07) is 1.01. The van der Waals surface area contributed by atoms with Crippen LogP contribution in [0.15, 0.2) is 18.5 Å². The van der Waals surface area contributed by atoms with E-state index >= 15 is 0 Å². The molecule has 3 heterocycles. The minimum atomic E-state index is -0.668. The molecule has 8 nitrogen and oxygen atoms in total. The highest BCUT2D eigenvalue weighted by Crippen LogP contribution is 2.28. The highest BCUT2D eigenvalue weighted by atomic mass is 35.5. The third kappa shape index (κ3) is 6.78. The molecule has 1 unspecified atom stereocenters. The molecule has 0 bridgehead atoms. The summed E-state index contributed by atoms with van der Waals surface area (Å²) in [4.78, 5) is 45.0. The molecule has 9 heteroatoms. The number of nitrogens with one attached hydrogen (secondary N) is 1. The second kappa shape index (κ2) is 11.6. The fourth-order valence-electron chi connectivity index (χ4n) is 4.86. The summed E-state index contributed by atoms with van der Waals surface area (Å²) < 4.78 is 7.41. The van der Waals surface area contributed by atoms with Gasteiger partial charge in [0.15, 0.2) is 5.78 Å². The number of rotatable bonds is 9. The van der Waals surface area contributed by atoms with Gasteiger partial charge in [-0.15, -0.1) is 0 Å². The van der Waals surface area contributed by atoms with E-state index in [1.807, 2.05) is 16.4 Å². The fraction of sp³-hybridized carbons (Fsp3) is 0.630. The second-order valence-electron chi connectivity index (χ2n) is 10.8. The van der Waals surface area contributed by atoms with E-state index in [0.717, 1.165) is 32.1 Å². The molecule has 3 rings (SSSR count). The Morgan fingerprint density at radius 1 is 1.31 bits per heavy atom. The number of nitrogens with zero attached hydrogens (tertiary/aromatic N) is 3. The van der Waals surface area contributed by atoms with Crippen LogP contribution in [0.3, 0.4) is 0 Å². The van der Waals surface area contributed by atoms with Gasteiger partial charge in [0.05, 0.1) is 5.02 Å². The minimum absolute atomic E-state index is 0.0354. The Kier molecular flexibility index (Phi) is 9.03. The minimum Gasteiger partial charge on any atom is -0.444 e. The lowest BCUT2D eigenvalue weighted by Crippen LogP contribution is -2.54. The number of likely N-dealkylation sites (tertiary alicyclic amines) is 1. The molecular weight excluding hydrogens is 480 g/mol. The number of hydrogen-bond acceptors (Lipinski definition) is 5. The molecule has 0 radical (unpaired) electrons. The van der Waals surface area contributed by atoms with Gasteiger partial charge in [-0.2, -0.15) is 0 Å². The van der Waals surface area contributed by atoms with Gasteiger partial charge in [-0.3, -0.25) is 9.59 Å². The number of fused-ring (bicyclic) bond motifs is 1. The molecule has 1 fully saturated rings. The van der Waals surface area contributed by atoms with Gasteiger partial charge >= 0.3 is 6.09 Å². The maximum atomic E-state index is 13.8. The van der Waals surface area contributed by atoms with Crippen LogP contribution in [0.1, 0.15) is 84.0 Å². The standard InChI is InChI=1S/C27H39ClN4O4/c1-7-8-10-17(2)23(30-26(35)36-27(4,5)6)25(34)32-12-9-11-20(32)15-31-16-22(18(3)33)21-13-19(28)14-29-24(21)31/h13-14,16-17,20,23H,7-12,15H2,1-6H3,(H,30,35)/t17?,20-,23-/m0/s1. The molecule has 1 aliphatic heterocycles. The first-order valence-corrected chi connectivity index (χ1v) is 13.2. The van der Waals surface area contributed by atoms with Crippen molar-refractivity contribution in [3.05, 3.63) is 29.0 Å². The van der Waals surface area contributed by atoms with E-state index in [1.165, 1.54) is 6.92 Å². The molecule has 0 saturated carbocycles. The molecule has 2 aromatic heterocycles. The van der Waals surface area contributed by atoms with Crippen molar-refractivity contribution in [2.24, 2.45) is 5.92 Å². The van der Waals surface area contributed by atoms with Crippen LogP contribution in [-0.4, -0.2) is 56.5 Å². The van der Waals surface area contributed by atoms with Gasteiger partial charge in [-0.25, -0.2) is 9.78 Å². The average molecular weight is 519 g/mol. The number of hydrogen-bond donors (Lipinski definition) is 1. The van der Waals surface area contributed by atoms with E-state index in [9.17, 15) is 14.4 Å². The normalized spacial score (nSPS) is 17.8. The zero-order valence-corrected chi connectivity index (χ0v) is 23.0. The fourth-order valence-corrected chi connectivity index (χ4v) is 5.02. The van der Waals surface area contributed by atoms with E-state index in [0.29, 0.717) is 34.7 Å². The molecule has 2 aromatic rings. The Balaban J connectivity index is 1.85. The van der Waals surface area contributed by atoms with E-state index < -0.39 is 17.7 Å². The number of unbranched alkanes of at least 4 members (excludes halogenated alkanes) is 1. The summed E-state index contributed by atoms with van der Waals surface area (Å²) >= 11 is 6.14. The predicted octanol–water partition coefficient (Wildman–Crippen LogP) is 5.60. The molecule has 2 amide bonds. The number of carbonyl (C=O) groups excluding carboxylic acids is 3. The lowest BCUT2D eigenvalue weighted by Gasteiger charge is -2.33. The quantitative estimate of drug-likeness (QED) is 0.436. The Morgan fingerprint density at radius 3 is 2.67 bits per heavy atom. The highest BCUT2D eigenvalue weighted by Gasteiger charge is 2.37. The monoisotopic (exact) mass is 518 g/mol. The number of carbonyl (C=O) groups is 3. The van der Waals surface area contributed by atoms with Crippen LogP contribution < -0.4 is 5.32 Å². The van der Waals surface area contributed by atoms with Crippen molar-refractivity contribution < 1.29 is 19.1 Å². The van der Waals surface area contributed by atoms with Crippen LogP contribution >= 0.6 is 11.6 Å². The summed E-state index contributed by atoms with van der Waals surface area (Å²) in [6.45, 7) is 12.2. The summed E-state index contributed by atoms with van der Waals surface area (Å²) in [5.74, 6) is -0.188. The Labute approximate surface area is 218 Å². The van der Waals surface area contributed by atoms with Crippen LogP contribution in [0.4, 0.5) is 4.79 Å². The first-order valence-electron chi connectivity index (χ1n) is 12.9. The van der Waals surface area contributed by atoms with Crippen molar-refractivity contribution in [1.29, 1.82) is 0 Å². The molecule has 36 heavy (non-hydrogen) atoms. The first-order chi connectivity index (χ1) is 16.9. The molecule has 0 aliphatic carbocycles. The van der Waals surface area contributed by atoms with Gasteiger partial charge in [-0.1, -0.05) is 38.3 Å². The largest absolute Gasteiger partial charge is 0.444 e. The van der Waals surface area contributed by atoms with Crippen LogP contribution in [0.5, 0.6) is 0 Å². The van der Waals surface area contributed by atoms with Gasteiger partial charge in [0.1, 0.15) is 17.3 Å². The van der Waals surface area contributed by atoms with Crippen LogP contribution in [0.2, 0.25) is 5.02 Å². The lowest BCUT2D eigenvalue weighted by molar-refractivity contribution is -0.135. The third-order valence-corrected chi connectivity index (χ3v) is 6.85. The smallest absolute Gasteiger partial charge is 0.408 e. The molecule has 0 spiro atoms. The number of ether oxygens (including phenoxy) is 1. The highest BCUT2D eigenvalue weighted by molar-refractivity contribution is 6.31. The van der Waals surface area contributed by atoms with Crippen LogP contribution in [0.25, 0.3) is 11.0 Å². The van der Waals surface area contributed by atoms with Gasteiger partial charge in [-0.05, 0) is 58.9 Å². The molecule has 1 N–H and O–H groups in total. The van der Waals surface area contributed by atoms with E-state index in [-0.39, 0.29) is 23.7 Å². The number of halogens is 1. The number of pyridine rings is 1. The predicted molar refractivity (Wildman–Crippen MR) is 141 cm³/mol. The zero-order chi connectivity index (χ0) is 26.6. The van der Waals surface area contributed by atoms with Crippen molar-refractivity contribution in [2.75, 3.05) is 6.54 Å². The van der Waals surface area contributed by atoms with Gasteiger partial charge < -0.3 is 19.5 Å². The molecule has 3 atom stereocenters. The van der Waals surface area contributed by atoms with Gasteiger partial charge in [0.25, 0.3) is 0 Å². The summed E-state index contributed by atoms with van der Waals surface area (Å²) in [5, 5.41) is 4.05. The Hall–Kier alpha value is -2.61. The van der Waals surface area contributed by atoms with Crippen molar-refractivity contribution in [2.45, 2.75) is 97.9 Å². The Morgan fingerprint density at radius 2 is 2.03 bits per heavy atom. The lowest BCUT2D eigenvalue weighted by atomic mass is 9.94. The summed E-state index contributed by atoms with van der Waals surface area (Å²) in [5.41, 5.74) is 0.581. The average Bonchev–Trinajstić information content (AvgIpc) is 3.39. The maximum absolute atomic E-state index is 13.8. The summed E-state index contributed by atoms with van der Waals surface area (Å²) in [6.07, 6.45) is 7.31. The number of aromatic nitrogens is 2. The number of ketones is 1. The maximum Gasteiger partial charge on any atom is 0.408 e. The Bertz CT molecular complexity index is 1110. The number of amides is 2. The summed E-state index contributed by atoms with van der Waals surface area (Å²) in [7, 11) is 0. The topological polar surface area (TPSA) is 93.5 Å². The molecule has 1 saturated heterocycles. The van der Waals surface area contributed by atoms with Crippen molar-refractivity contribution >= 4 is 40.4 Å². The second-order valence-corrected chi connectivity index (χ2v) is 11.3. The molecule has 0 aromatic carbocycles. The van der Waals surface area contributed by atoms with E-state index in [1.54, 1.807) is 39.2 Å². The van der Waals surface area contributed by atoms with Crippen LogP contribution in [0, 0.1) is 5.92 Å². The van der Waals surface area contributed by atoms with Gasteiger partial charge in [0, 0.05) is 42.5 Å². The number of alkyl carbamates (subject to hydrolysis) is 1. The molecule has 198 valence electrons. The number of Topliss-reactive ketones (excluding diaryl/α,β-unsaturated/α-hetero) is 1. The van der Waals surface area contributed by atoms with E-state index in [4.69, 9.17) is 16.3 Å².